The Hall–Kier alpha value is -2.20. The number of ether oxygens (including phenoxy) is 2. The van der Waals surface area contributed by atoms with E-state index >= 15 is 0 Å². The Morgan fingerprint density at radius 1 is 1.05 bits per heavy atom. The van der Waals surface area contributed by atoms with Gasteiger partial charge < -0.3 is 19.9 Å². The number of rotatable bonds is 6. The highest BCUT2D eigenvalue weighted by Crippen LogP contribution is 2.24. The fraction of sp³-hybridized carbons (Fsp3) is 0.294. The van der Waals surface area contributed by atoms with Gasteiger partial charge in [0.2, 0.25) is 0 Å². The second-order valence-corrected chi connectivity index (χ2v) is 4.87. The summed E-state index contributed by atoms with van der Waals surface area (Å²) in [5.41, 5.74) is 1.98. The molecule has 0 bridgehead atoms. The van der Waals surface area contributed by atoms with Crippen molar-refractivity contribution in [3.05, 3.63) is 53.6 Å². The molecule has 0 radical (unpaired) electrons. The summed E-state index contributed by atoms with van der Waals surface area (Å²) in [4.78, 5) is 0. The van der Waals surface area contributed by atoms with Gasteiger partial charge >= 0.3 is 0 Å². The molecule has 0 aliphatic heterocycles. The molecule has 4 nitrogen and oxygen atoms in total. The molecule has 0 spiro atoms. The van der Waals surface area contributed by atoms with Gasteiger partial charge in [0.05, 0.1) is 14.2 Å². The minimum absolute atomic E-state index is 0.154. The van der Waals surface area contributed by atoms with Crippen molar-refractivity contribution in [2.24, 2.45) is 0 Å². The van der Waals surface area contributed by atoms with Crippen LogP contribution >= 0.6 is 0 Å². The smallest absolute Gasteiger partial charge is 0.123 e. The molecule has 1 atom stereocenters. The van der Waals surface area contributed by atoms with E-state index in [-0.39, 0.29) is 11.8 Å². The summed E-state index contributed by atoms with van der Waals surface area (Å²) in [5.74, 6) is 1.73. The van der Waals surface area contributed by atoms with E-state index in [1.807, 2.05) is 36.4 Å². The average Bonchev–Trinajstić information content (AvgIpc) is 2.53. The SMILES string of the molecule is COc1cccc([C@@H](C)NCc2ccc(OC)cc2O)c1. The third-order valence-corrected chi connectivity index (χ3v) is 3.48. The summed E-state index contributed by atoms with van der Waals surface area (Å²) in [7, 11) is 3.24. The van der Waals surface area contributed by atoms with Gasteiger partial charge in [0.1, 0.15) is 17.2 Å². The first-order valence-electron chi connectivity index (χ1n) is 6.87. The lowest BCUT2D eigenvalue weighted by Crippen LogP contribution is -2.18. The summed E-state index contributed by atoms with van der Waals surface area (Å²) in [6.07, 6.45) is 0. The maximum Gasteiger partial charge on any atom is 0.123 e. The molecule has 112 valence electrons. The van der Waals surface area contributed by atoms with Gasteiger partial charge in [0, 0.05) is 24.2 Å². The molecule has 0 aliphatic carbocycles. The van der Waals surface area contributed by atoms with E-state index in [2.05, 4.69) is 12.2 Å². The van der Waals surface area contributed by atoms with Crippen molar-refractivity contribution in [1.82, 2.24) is 5.32 Å². The fourth-order valence-electron chi connectivity index (χ4n) is 2.11. The monoisotopic (exact) mass is 287 g/mol. The third-order valence-electron chi connectivity index (χ3n) is 3.48. The number of nitrogens with one attached hydrogen (secondary N) is 1. The van der Waals surface area contributed by atoms with Crippen LogP contribution in [0.4, 0.5) is 0 Å². The summed E-state index contributed by atoms with van der Waals surface area (Å²) in [6.45, 7) is 2.66. The minimum Gasteiger partial charge on any atom is -0.507 e. The van der Waals surface area contributed by atoms with Crippen LogP contribution in [-0.4, -0.2) is 19.3 Å². The first-order valence-corrected chi connectivity index (χ1v) is 6.87. The number of hydrogen-bond donors (Lipinski definition) is 2. The highest BCUT2D eigenvalue weighted by molar-refractivity contribution is 5.39. The van der Waals surface area contributed by atoms with Crippen LogP contribution in [0.15, 0.2) is 42.5 Å². The predicted octanol–water partition coefficient (Wildman–Crippen LogP) is 3.26. The van der Waals surface area contributed by atoms with Gasteiger partial charge in [0.15, 0.2) is 0 Å². The van der Waals surface area contributed by atoms with Gasteiger partial charge in [-0.1, -0.05) is 18.2 Å². The number of methoxy groups -OCH3 is 2. The van der Waals surface area contributed by atoms with Gasteiger partial charge in [-0.05, 0) is 30.7 Å². The first kappa shape index (κ1) is 15.2. The van der Waals surface area contributed by atoms with E-state index in [4.69, 9.17) is 9.47 Å². The van der Waals surface area contributed by atoms with Gasteiger partial charge in [-0.3, -0.25) is 0 Å². The van der Waals surface area contributed by atoms with Crippen molar-refractivity contribution in [3.63, 3.8) is 0 Å². The van der Waals surface area contributed by atoms with Crippen LogP contribution in [0.5, 0.6) is 17.2 Å². The van der Waals surface area contributed by atoms with Crippen LogP contribution < -0.4 is 14.8 Å². The molecule has 2 rings (SSSR count). The standard InChI is InChI=1S/C17H21NO3/c1-12(13-5-4-6-15(9-13)20-2)18-11-14-7-8-16(21-3)10-17(14)19/h4-10,12,18-19H,11H2,1-3H3/t12-/m1/s1. The molecule has 2 N–H and O–H groups in total. The molecule has 4 heteroatoms. The molecule has 0 aliphatic rings. The van der Waals surface area contributed by atoms with Crippen LogP contribution in [0.3, 0.4) is 0 Å². The normalized spacial score (nSPS) is 12.0. The molecule has 0 aromatic heterocycles. The van der Waals surface area contributed by atoms with Gasteiger partial charge in [0.25, 0.3) is 0 Å². The van der Waals surface area contributed by atoms with Crippen LogP contribution in [-0.2, 0) is 6.54 Å². The van der Waals surface area contributed by atoms with E-state index in [1.165, 1.54) is 0 Å². The molecular formula is C17H21NO3. The van der Waals surface area contributed by atoms with Crippen molar-refractivity contribution in [2.75, 3.05) is 14.2 Å². The Morgan fingerprint density at radius 3 is 2.43 bits per heavy atom. The van der Waals surface area contributed by atoms with Crippen molar-refractivity contribution in [1.29, 1.82) is 0 Å². The second kappa shape index (κ2) is 6.99. The Morgan fingerprint density at radius 2 is 1.76 bits per heavy atom. The van der Waals surface area contributed by atoms with E-state index in [0.29, 0.717) is 12.3 Å². The Bertz CT molecular complexity index is 598. The molecular weight excluding hydrogens is 266 g/mol. The molecule has 0 fully saturated rings. The third kappa shape index (κ3) is 3.89. The van der Waals surface area contributed by atoms with Crippen LogP contribution in [0.2, 0.25) is 0 Å². The average molecular weight is 287 g/mol. The van der Waals surface area contributed by atoms with Gasteiger partial charge in [-0.2, -0.15) is 0 Å². The van der Waals surface area contributed by atoms with E-state index in [0.717, 1.165) is 16.9 Å². The minimum atomic E-state index is 0.154. The summed E-state index contributed by atoms with van der Waals surface area (Å²) >= 11 is 0. The topological polar surface area (TPSA) is 50.7 Å². The lowest BCUT2D eigenvalue weighted by Gasteiger charge is -2.16. The van der Waals surface area contributed by atoms with Crippen molar-refractivity contribution in [2.45, 2.75) is 19.5 Å². The molecule has 0 amide bonds. The summed E-state index contributed by atoms with van der Waals surface area (Å²) in [5, 5.41) is 13.3. The quantitative estimate of drug-likeness (QED) is 0.856. The van der Waals surface area contributed by atoms with Crippen molar-refractivity contribution < 1.29 is 14.6 Å². The van der Waals surface area contributed by atoms with E-state index in [9.17, 15) is 5.11 Å². The Balaban J connectivity index is 2.01. The summed E-state index contributed by atoms with van der Waals surface area (Å²) in [6, 6.07) is 13.4. The maximum absolute atomic E-state index is 9.95. The fourth-order valence-corrected chi connectivity index (χ4v) is 2.11. The molecule has 0 unspecified atom stereocenters. The zero-order valence-corrected chi connectivity index (χ0v) is 12.6. The number of hydrogen-bond acceptors (Lipinski definition) is 4. The number of aromatic hydroxyl groups is 1. The zero-order valence-electron chi connectivity index (χ0n) is 12.6. The van der Waals surface area contributed by atoms with E-state index in [1.54, 1.807) is 20.3 Å². The molecule has 0 heterocycles. The number of benzene rings is 2. The highest BCUT2D eigenvalue weighted by Gasteiger charge is 2.08. The first-order chi connectivity index (χ1) is 10.1. The molecule has 0 saturated heterocycles. The zero-order chi connectivity index (χ0) is 15.2. The van der Waals surface area contributed by atoms with Crippen LogP contribution in [0.1, 0.15) is 24.1 Å². The highest BCUT2D eigenvalue weighted by atomic mass is 16.5. The van der Waals surface area contributed by atoms with Crippen LogP contribution in [0.25, 0.3) is 0 Å². The number of phenols is 1. The van der Waals surface area contributed by atoms with Crippen molar-refractivity contribution in [3.8, 4) is 17.2 Å². The van der Waals surface area contributed by atoms with Gasteiger partial charge in [-0.25, -0.2) is 0 Å². The number of phenolic OH excluding ortho intramolecular Hbond substituents is 1. The maximum atomic E-state index is 9.95. The lowest BCUT2D eigenvalue weighted by molar-refractivity contribution is 0.405. The Labute approximate surface area is 125 Å². The lowest BCUT2D eigenvalue weighted by atomic mass is 10.1. The van der Waals surface area contributed by atoms with Crippen molar-refractivity contribution >= 4 is 0 Å². The Kier molecular flexibility index (Phi) is 5.06. The van der Waals surface area contributed by atoms with Crippen LogP contribution in [0, 0.1) is 0 Å². The molecule has 2 aromatic carbocycles. The van der Waals surface area contributed by atoms with Gasteiger partial charge in [-0.15, -0.1) is 0 Å². The summed E-state index contributed by atoms with van der Waals surface area (Å²) < 4.78 is 10.3. The second-order valence-electron chi connectivity index (χ2n) is 4.87. The van der Waals surface area contributed by atoms with E-state index < -0.39 is 0 Å². The molecule has 2 aromatic rings. The largest absolute Gasteiger partial charge is 0.507 e. The molecule has 0 saturated carbocycles. The molecule has 21 heavy (non-hydrogen) atoms. The predicted molar refractivity (Wildman–Crippen MR) is 82.9 cm³/mol.